The highest BCUT2D eigenvalue weighted by molar-refractivity contribution is 5.37. The lowest BCUT2D eigenvalue weighted by molar-refractivity contribution is -0.00157. The number of hydrogen-bond acceptors (Lipinski definition) is 4. The summed E-state index contributed by atoms with van der Waals surface area (Å²) in [6.07, 6.45) is 5.22. The summed E-state index contributed by atoms with van der Waals surface area (Å²) in [5, 5.41) is 6.90. The van der Waals surface area contributed by atoms with Crippen molar-refractivity contribution in [3.8, 4) is 0 Å². The van der Waals surface area contributed by atoms with Crippen molar-refractivity contribution >= 4 is 0 Å². The SMILES string of the molecule is Cc1ccc2c(c1)[C@@H]([C@@H]1CCN1)OCC2.Cc1ccc2c(c1)[C@H]([C@@H]1CCN1)OCC2. The van der Waals surface area contributed by atoms with E-state index in [4.69, 9.17) is 9.47 Å². The van der Waals surface area contributed by atoms with Gasteiger partial charge in [0.1, 0.15) is 0 Å². The van der Waals surface area contributed by atoms with Crippen molar-refractivity contribution in [2.24, 2.45) is 0 Å². The first kappa shape index (κ1) is 20.2. The molecule has 4 aliphatic heterocycles. The molecule has 0 radical (unpaired) electrons. The summed E-state index contributed by atoms with van der Waals surface area (Å²) in [4.78, 5) is 0. The van der Waals surface area contributed by atoms with Crippen LogP contribution in [0.15, 0.2) is 36.4 Å². The van der Waals surface area contributed by atoms with Crippen molar-refractivity contribution in [1.29, 1.82) is 0 Å². The molecule has 0 unspecified atom stereocenters. The van der Waals surface area contributed by atoms with E-state index in [9.17, 15) is 0 Å². The number of rotatable bonds is 2. The molecule has 4 heteroatoms. The van der Waals surface area contributed by atoms with Crippen LogP contribution in [0.1, 0.15) is 58.4 Å². The number of nitrogens with one attached hydrogen (secondary N) is 2. The number of aryl methyl sites for hydroxylation is 2. The normalized spacial score (nSPS) is 29.4. The van der Waals surface area contributed by atoms with Gasteiger partial charge in [-0.2, -0.15) is 0 Å². The molecule has 0 amide bonds. The van der Waals surface area contributed by atoms with Crippen LogP contribution in [0.5, 0.6) is 0 Å². The number of fused-ring (bicyclic) bond motifs is 2. The summed E-state index contributed by atoms with van der Waals surface area (Å²) in [7, 11) is 0. The van der Waals surface area contributed by atoms with E-state index in [1.165, 1.54) is 46.2 Å². The third-order valence-corrected chi connectivity index (χ3v) is 7.01. The Kier molecular flexibility index (Phi) is 5.92. The van der Waals surface area contributed by atoms with Crippen molar-refractivity contribution in [2.75, 3.05) is 26.3 Å². The van der Waals surface area contributed by atoms with Crippen molar-refractivity contribution in [2.45, 2.75) is 63.8 Å². The summed E-state index contributed by atoms with van der Waals surface area (Å²) in [6, 6.07) is 14.6. The number of benzene rings is 2. The van der Waals surface area contributed by atoms with Crippen LogP contribution in [0.3, 0.4) is 0 Å². The maximum Gasteiger partial charge on any atom is 0.0981 e. The molecule has 0 aliphatic carbocycles. The van der Waals surface area contributed by atoms with Crippen LogP contribution in [-0.2, 0) is 22.3 Å². The zero-order valence-corrected chi connectivity index (χ0v) is 18.2. The highest BCUT2D eigenvalue weighted by Crippen LogP contribution is 2.34. The minimum absolute atomic E-state index is 0.294. The molecule has 2 aromatic carbocycles. The predicted octanol–water partition coefficient (Wildman–Crippen LogP) is 3.94. The Morgan fingerprint density at radius 3 is 1.50 bits per heavy atom. The lowest BCUT2D eigenvalue weighted by Crippen LogP contribution is -2.48. The van der Waals surface area contributed by atoms with Gasteiger partial charge in [0.15, 0.2) is 0 Å². The van der Waals surface area contributed by atoms with Gasteiger partial charge in [-0.05, 0) is 74.9 Å². The van der Waals surface area contributed by atoms with Gasteiger partial charge in [0.25, 0.3) is 0 Å². The second-order valence-corrected chi connectivity index (χ2v) is 9.19. The van der Waals surface area contributed by atoms with Crippen LogP contribution in [0.2, 0.25) is 0 Å². The molecule has 160 valence electrons. The second kappa shape index (κ2) is 8.80. The second-order valence-electron chi connectivity index (χ2n) is 9.19. The van der Waals surface area contributed by atoms with Crippen LogP contribution in [0.4, 0.5) is 0 Å². The number of hydrogen-bond donors (Lipinski definition) is 2. The van der Waals surface area contributed by atoms with E-state index in [0.717, 1.165) is 39.1 Å². The molecule has 6 rings (SSSR count). The zero-order chi connectivity index (χ0) is 20.5. The quantitative estimate of drug-likeness (QED) is 0.793. The molecule has 0 saturated carbocycles. The molecule has 4 atom stereocenters. The van der Waals surface area contributed by atoms with E-state index in [1.54, 1.807) is 0 Å². The third-order valence-electron chi connectivity index (χ3n) is 7.01. The van der Waals surface area contributed by atoms with Gasteiger partial charge in [0.05, 0.1) is 25.4 Å². The molecule has 4 heterocycles. The maximum absolute atomic E-state index is 5.90. The van der Waals surface area contributed by atoms with Crippen LogP contribution in [0, 0.1) is 13.8 Å². The topological polar surface area (TPSA) is 42.5 Å². The van der Waals surface area contributed by atoms with Gasteiger partial charge in [0.2, 0.25) is 0 Å². The van der Waals surface area contributed by atoms with Gasteiger partial charge in [-0.25, -0.2) is 0 Å². The van der Waals surface area contributed by atoms with E-state index in [0.29, 0.717) is 24.3 Å². The fourth-order valence-electron chi connectivity index (χ4n) is 4.99. The van der Waals surface area contributed by atoms with Crippen LogP contribution >= 0.6 is 0 Å². The number of ether oxygens (including phenoxy) is 2. The fourth-order valence-corrected chi connectivity index (χ4v) is 4.99. The Hall–Kier alpha value is -1.72. The Labute approximate surface area is 180 Å². The maximum atomic E-state index is 5.90. The molecule has 4 aliphatic rings. The van der Waals surface area contributed by atoms with Crippen LogP contribution in [-0.4, -0.2) is 38.4 Å². The molecular weight excluding hydrogens is 372 g/mol. The molecule has 0 bridgehead atoms. The van der Waals surface area contributed by atoms with Gasteiger partial charge < -0.3 is 20.1 Å². The average Bonchev–Trinajstić information content (AvgIpc) is 2.67. The summed E-state index contributed by atoms with van der Waals surface area (Å²) in [6.45, 7) is 8.34. The first-order valence-electron chi connectivity index (χ1n) is 11.6. The molecule has 2 saturated heterocycles. The molecule has 4 nitrogen and oxygen atoms in total. The Balaban J connectivity index is 0.000000128. The van der Waals surface area contributed by atoms with E-state index in [-0.39, 0.29) is 0 Å². The predicted molar refractivity (Wildman–Crippen MR) is 120 cm³/mol. The van der Waals surface area contributed by atoms with Gasteiger partial charge >= 0.3 is 0 Å². The van der Waals surface area contributed by atoms with Crippen molar-refractivity contribution in [1.82, 2.24) is 10.6 Å². The molecule has 30 heavy (non-hydrogen) atoms. The largest absolute Gasteiger partial charge is 0.372 e. The van der Waals surface area contributed by atoms with E-state index in [1.807, 2.05) is 0 Å². The Morgan fingerprint density at radius 2 is 1.13 bits per heavy atom. The van der Waals surface area contributed by atoms with Gasteiger partial charge in [-0.3, -0.25) is 0 Å². The minimum Gasteiger partial charge on any atom is -0.372 e. The standard InChI is InChI=1S/2C13H17NO/c2*1-9-2-3-10-5-7-15-13(11(10)8-9)12-4-6-14-12/h2*2-3,8,12-14H,4-7H2,1H3/t12-,13+;12-,13-/m00/s1. The van der Waals surface area contributed by atoms with E-state index >= 15 is 0 Å². The average molecular weight is 407 g/mol. The fraction of sp³-hybridized carbons (Fsp3) is 0.538. The summed E-state index contributed by atoms with van der Waals surface area (Å²) >= 11 is 0. The first-order valence-corrected chi connectivity index (χ1v) is 11.6. The van der Waals surface area contributed by atoms with Crippen LogP contribution in [0.25, 0.3) is 0 Å². The molecule has 2 fully saturated rings. The van der Waals surface area contributed by atoms with Crippen molar-refractivity contribution in [3.63, 3.8) is 0 Å². The van der Waals surface area contributed by atoms with Gasteiger partial charge in [-0.1, -0.05) is 47.5 Å². The molecule has 0 spiro atoms. The van der Waals surface area contributed by atoms with Gasteiger partial charge in [0, 0.05) is 12.1 Å². The smallest absolute Gasteiger partial charge is 0.0981 e. The zero-order valence-electron chi connectivity index (χ0n) is 18.2. The molecule has 0 aromatic heterocycles. The summed E-state index contributed by atoms with van der Waals surface area (Å²) in [5.41, 5.74) is 8.46. The van der Waals surface area contributed by atoms with Gasteiger partial charge in [-0.15, -0.1) is 0 Å². The third kappa shape index (κ3) is 4.06. The van der Waals surface area contributed by atoms with E-state index < -0.39 is 0 Å². The minimum atomic E-state index is 0.294. The Morgan fingerprint density at radius 1 is 0.700 bits per heavy atom. The van der Waals surface area contributed by atoms with E-state index in [2.05, 4.69) is 60.9 Å². The first-order chi connectivity index (χ1) is 14.7. The lowest BCUT2D eigenvalue weighted by atomic mass is 9.88. The monoisotopic (exact) mass is 406 g/mol. The summed E-state index contributed by atoms with van der Waals surface area (Å²) in [5.74, 6) is 0. The molecule has 2 N–H and O–H groups in total. The highest BCUT2D eigenvalue weighted by atomic mass is 16.5. The van der Waals surface area contributed by atoms with Crippen molar-refractivity contribution < 1.29 is 9.47 Å². The summed E-state index contributed by atoms with van der Waals surface area (Å²) < 4.78 is 11.8. The van der Waals surface area contributed by atoms with Crippen LogP contribution < -0.4 is 10.6 Å². The van der Waals surface area contributed by atoms with Crippen molar-refractivity contribution in [3.05, 3.63) is 69.8 Å². The lowest BCUT2D eigenvalue weighted by Gasteiger charge is -2.38. The highest BCUT2D eigenvalue weighted by Gasteiger charge is 2.33. The molecular formula is C26H34N2O2. The Bertz CT molecular complexity index is 815. The molecule has 2 aromatic rings.